The van der Waals surface area contributed by atoms with E-state index in [0.717, 1.165) is 5.75 Å². The molecule has 78 valence electrons. The van der Waals surface area contributed by atoms with Crippen molar-refractivity contribution in [1.29, 1.82) is 0 Å². The SMILES string of the molecule is CSCC(C)NC(=O)CCC(C)O. The standard InChI is InChI=1S/C9H19NO2S/c1-7(6-13-3)10-9(12)5-4-8(2)11/h7-8,11H,4-6H2,1-3H3,(H,10,12). The van der Waals surface area contributed by atoms with Gasteiger partial charge in [-0.1, -0.05) is 0 Å². The predicted octanol–water partition coefficient (Wildman–Crippen LogP) is 1.02. The Balaban J connectivity index is 3.50. The molecule has 0 aliphatic heterocycles. The summed E-state index contributed by atoms with van der Waals surface area (Å²) in [5.74, 6) is 0.961. The van der Waals surface area contributed by atoms with Crippen molar-refractivity contribution in [2.24, 2.45) is 0 Å². The van der Waals surface area contributed by atoms with Crippen molar-refractivity contribution in [2.75, 3.05) is 12.0 Å². The minimum Gasteiger partial charge on any atom is -0.393 e. The van der Waals surface area contributed by atoms with Crippen LogP contribution in [0.2, 0.25) is 0 Å². The second kappa shape index (κ2) is 7.21. The first kappa shape index (κ1) is 12.8. The zero-order valence-electron chi connectivity index (χ0n) is 8.54. The van der Waals surface area contributed by atoms with E-state index in [0.29, 0.717) is 12.8 Å². The third-order valence-electron chi connectivity index (χ3n) is 1.61. The van der Waals surface area contributed by atoms with Gasteiger partial charge in [-0.25, -0.2) is 0 Å². The summed E-state index contributed by atoms with van der Waals surface area (Å²) in [6.45, 7) is 3.68. The van der Waals surface area contributed by atoms with Gasteiger partial charge in [-0.15, -0.1) is 0 Å². The average molecular weight is 205 g/mol. The van der Waals surface area contributed by atoms with Gasteiger partial charge in [0.15, 0.2) is 0 Å². The van der Waals surface area contributed by atoms with Crippen molar-refractivity contribution in [2.45, 2.75) is 38.8 Å². The largest absolute Gasteiger partial charge is 0.393 e. The van der Waals surface area contributed by atoms with Gasteiger partial charge in [0, 0.05) is 18.2 Å². The van der Waals surface area contributed by atoms with Crippen LogP contribution in [0.1, 0.15) is 26.7 Å². The Bertz CT molecular complexity index is 151. The minimum absolute atomic E-state index is 0.0300. The molecule has 13 heavy (non-hydrogen) atoms. The molecule has 1 amide bonds. The molecule has 0 radical (unpaired) electrons. The molecule has 3 nitrogen and oxygen atoms in total. The Hall–Kier alpha value is -0.220. The third-order valence-corrected chi connectivity index (χ3v) is 2.45. The number of carbonyl (C=O) groups excluding carboxylic acids is 1. The van der Waals surface area contributed by atoms with Crippen molar-refractivity contribution < 1.29 is 9.90 Å². The zero-order chi connectivity index (χ0) is 10.3. The highest BCUT2D eigenvalue weighted by Gasteiger charge is 2.07. The van der Waals surface area contributed by atoms with E-state index in [1.807, 2.05) is 13.2 Å². The lowest BCUT2D eigenvalue weighted by Crippen LogP contribution is -2.34. The molecule has 0 heterocycles. The van der Waals surface area contributed by atoms with Crippen molar-refractivity contribution >= 4 is 17.7 Å². The molecule has 0 saturated carbocycles. The fourth-order valence-corrected chi connectivity index (χ4v) is 1.56. The van der Waals surface area contributed by atoms with Gasteiger partial charge >= 0.3 is 0 Å². The van der Waals surface area contributed by atoms with Gasteiger partial charge in [0.25, 0.3) is 0 Å². The van der Waals surface area contributed by atoms with Crippen LogP contribution in [-0.4, -0.2) is 35.2 Å². The molecule has 0 aliphatic rings. The van der Waals surface area contributed by atoms with Gasteiger partial charge in [0.2, 0.25) is 5.91 Å². The fraction of sp³-hybridized carbons (Fsp3) is 0.889. The summed E-state index contributed by atoms with van der Waals surface area (Å²) in [7, 11) is 0. The summed E-state index contributed by atoms with van der Waals surface area (Å²) >= 11 is 1.71. The van der Waals surface area contributed by atoms with Crippen molar-refractivity contribution in [3.8, 4) is 0 Å². The maximum Gasteiger partial charge on any atom is 0.220 e. The van der Waals surface area contributed by atoms with Crippen LogP contribution < -0.4 is 5.32 Å². The number of carbonyl (C=O) groups is 1. The summed E-state index contributed by atoms with van der Waals surface area (Å²) in [5, 5.41) is 11.8. The van der Waals surface area contributed by atoms with Crippen LogP contribution in [0.5, 0.6) is 0 Å². The summed E-state index contributed by atoms with van der Waals surface area (Å²) < 4.78 is 0. The molecular formula is C9H19NO2S. The van der Waals surface area contributed by atoms with E-state index < -0.39 is 0 Å². The number of hydrogen-bond donors (Lipinski definition) is 2. The van der Waals surface area contributed by atoms with Crippen LogP contribution in [0.3, 0.4) is 0 Å². The van der Waals surface area contributed by atoms with E-state index in [1.165, 1.54) is 0 Å². The molecule has 0 aromatic heterocycles. The molecule has 0 saturated heterocycles. The van der Waals surface area contributed by atoms with Gasteiger partial charge in [-0.2, -0.15) is 11.8 Å². The lowest BCUT2D eigenvalue weighted by molar-refractivity contribution is -0.122. The molecule has 2 unspecified atom stereocenters. The first-order valence-electron chi connectivity index (χ1n) is 4.52. The normalized spacial score (nSPS) is 15.1. The number of thioether (sulfide) groups is 1. The molecular weight excluding hydrogens is 186 g/mol. The van der Waals surface area contributed by atoms with E-state index in [9.17, 15) is 4.79 Å². The number of amides is 1. The van der Waals surface area contributed by atoms with E-state index >= 15 is 0 Å². The highest BCUT2D eigenvalue weighted by atomic mass is 32.2. The van der Waals surface area contributed by atoms with Gasteiger partial charge in [0.05, 0.1) is 6.10 Å². The van der Waals surface area contributed by atoms with Crippen molar-refractivity contribution in [3.05, 3.63) is 0 Å². The van der Waals surface area contributed by atoms with E-state index in [1.54, 1.807) is 18.7 Å². The van der Waals surface area contributed by atoms with E-state index in [4.69, 9.17) is 5.11 Å². The van der Waals surface area contributed by atoms with Crippen LogP contribution in [0, 0.1) is 0 Å². The molecule has 2 N–H and O–H groups in total. The van der Waals surface area contributed by atoms with Gasteiger partial charge < -0.3 is 10.4 Å². The molecule has 0 spiro atoms. The Morgan fingerprint density at radius 3 is 2.62 bits per heavy atom. The van der Waals surface area contributed by atoms with Crippen LogP contribution in [0.4, 0.5) is 0 Å². The lowest BCUT2D eigenvalue weighted by atomic mass is 10.2. The zero-order valence-corrected chi connectivity index (χ0v) is 9.36. The third kappa shape index (κ3) is 8.12. The molecule has 4 heteroatoms. The lowest BCUT2D eigenvalue weighted by Gasteiger charge is -2.12. The molecule has 0 fully saturated rings. The Labute approximate surface area is 84.3 Å². The number of aliphatic hydroxyl groups excluding tert-OH is 1. The topological polar surface area (TPSA) is 49.3 Å². The van der Waals surface area contributed by atoms with E-state index in [2.05, 4.69) is 5.32 Å². The molecule has 0 rings (SSSR count). The predicted molar refractivity (Wildman–Crippen MR) is 56.9 cm³/mol. The monoisotopic (exact) mass is 205 g/mol. The van der Waals surface area contributed by atoms with Crippen molar-refractivity contribution in [1.82, 2.24) is 5.32 Å². The summed E-state index contributed by atoms with van der Waals surface area (Å²) in [6.07, 6.45) is 2.58. The maximum absolute atomic E-state index is 11.2. The average Bonchev–Trinajstić information content (AvgIpc) is 2.01. The second-order valence-electron chi connectivity index (χ2n) is 3.31. The van der Waals surface area contributed by atoms with Crippen LogP contribution in [0.15, 0.2) is 0 Å². The van der Waals surface area contributed by atoms with Gasteiger partial charge in [-0.3, -0.25) is 4.79 Å². The Morgan fingerprint density at radius 2 is 2.15 bits per heavy atom. The quantitative estimate of drug-likeness (QED) is 0.680. The number of nitrogens with one attached hydrogen (secondary N) is 1. The summed E-state index contributed by atoms with van der Waals surface area (Å²) in [4.78, 5) is 11.2. The van der Waals surface area contributed by atoms with Crippen LogP contribution in [-0.2, 0) is 4.79 Å². The smallest absolute Gasteiger partial charge is 0.220 e. The van der Waals surface area contributed by atoms with Gasteiger partial charge in [0.1, 0.15) is 0 Å². The highest BCUT2D eigenvalue weighted by Crippen LogP contribution is 1.99. The first-order chi connectivity index (χ1) is 6.06. The molecule has 0 aromatic carbocycles. The molecule has 0 aliphatic carbocycles. The summed E-state index contributed by atoms with van der Waals surface area (Å²) in [5.41, 5.74) is 0. The van der Waals surface area contributed by atoms with Crippen LogP contribution >= 0.6 is 11.8 Å². The number of hydrogen-bond acceptors (Lipinski definition) is 3. The summed E-state index contributed by atoms with van der Waals surface area (Å²) in [6, 6.07) is 0.219. The van der Waals surface area contributed by atoms with Crippen molar-refractivity contribution in [3.63, 3.8) is 0 Å². The molecule has 2 atom stereocenters. The van der Waals surface area contributed by atoms with Gasteiger partial charge in [-0.05, 0) is 26.5 Å². The molecule has 0 bridgehead atoms. The number of aliphatic hydroxyl groups is 1. The number of rotatable bonds is 6. The Morgan fingerprint density at radius 1 is 1.54 bits per heavy atom. The first-order valence-corrected chi connectivity index (χ1v) is 5.92. The Kier molecular flexibility index (Phi) is 7.09. The molecule has 0 aromatic rings. The second-order valence-corrected chi connectivity index (χ2v) is 4.22. The highest BCUT2D eigenvalue weighted by molar-refractivity contribution is 7.98. The fourth-order valence-electron chi connectivity index (χ4n) is 0.979. The minimum atomic E-state index is -0.387. The van der Waals surface area contributed by atoms with Crippen LogP contribution in [0.25, 0.3) is 0 Å². The maximum atomic E-state index is 11.2. The van der Waals surface area contributed by atoms with E-state index in [-0.39, 0.29) is 18.1 Å².